The van der Waals surface area contributed by atoms with Crippen molar-refractivity contribution in [3.05, 3.63) is 65.2 Å². The van der Waals surface area contributed by atoms with Crippen molar-refractivity contribution < 1.29 is 13.6 Å². The molecule has 50 heavy (non-hydrogen) atoms. The molecule has 0 saturated heterocycles. The van der Waals surface area contributed by atoms with Crippen molar-refractivity contribution in [1.82, 2.24) is 4.98 Å². The number of carbonyl (C=O) groups is 1. The Balaban J connectivity index is 0.000000820. The minimum atomic E-state index is -0.494. The van der Waals surface area contributed by atoms with Crippen LogP contribution in [-0.4, -0.2) is 16.6 Å². The van der Waals surface area contributed by atoms with Gasteiger partial charge in [0.2, 0.25) is 5.78 Å². The van der Waals surface area contributed by atoms with Gasteiger partial charge in [-0.1, -0.05) is 139 Å². The molecule has 1 saturated carbocycles. The molecule has 3 aromatic rings. The smallest absolute Gasteiger partial charge is 0.200 e. The van der Waals surface area contributed by atoms with Crippen molar-refractivity contribution in [2.45, 2.75) is 147 Å². The number of carbonyl (C=O) groups excluding carboxylic acids is 1. The molecule has 4 N–H and O–H groups in total. The third kappa shape index (κ3) is 14.6. The van der Waals surface area contributed by atoms with Crippen molar-refractivity contribution in [1.29, 1.82) is 0 Å². The number of Topliss-reactive ketones (excluding diaryl/α,β-unsaturated/α-hetero) is 1. The molecule has 8 heteroatoms. The van der Waals surface area contributed by atoms with Gasteiger partial charge in [-0.25, -0.2) is 9.37 Å². The van der Waals surface area contributed by atoms with Crippen LogP contribution in [0.5, 0.6) is 0 Å². The Morgan fingerprint density at radius 3 is 2.00 bits per heavy atom. The van der Waals surface area contributed by atoms with Gasteiger partial charge in [0, 0.05) is 28.5 Å². The Bertz CT molecular complexity index is 1490. The second-order valence-corrected chi connectivity index (χ2v) is 15.6. The van der Waals surface area contributed by atoms with Crippen molar-refractivity contribution in [2.75, 3.05) is 0 Å². The average Bonchev–Trinajstić information content (AvgIpc) is 3.47. The zero-order valence-corrected chi connectivity index (χ0v) is 34.3. The summed E-state index contributed by atoms with van der Waals surface area (Å²) in [6.07, 6.45) is 11.5. The van der Waals surface area contributed by atoms with Crippen molar-refractivity contribution in [2.24, 2.45) is 33.4 Å². The van der Waals surface area contributed by atoms with Gasteiger partial charge in [0.15, 0.2) is 11.3 Å². The highest BCUT2D eigenvalue weighted by Crippen LogP contribution is 2.44. The van der Waals surface area contributed by atoms with E-state index in [9.17, 15) is 9.18 Å². The summed E-state index contributed by atoms with van der Waals surface area (Å²) < 4.78 is 19.8. The van der Waals surface area contributed by atoms with Crippen LogP contribution in [0.15, 0.2) is 52.5 Å². The van der Waals surface area contributed by atoms with Crippen LogP contribution in [-0.2, 0) is 5.41 Å². The number of allylic oxidation sites excluding steroid dienone is 1. The van der Waals surface area contributed by atoms with E-state index in [-0.39, 0.29) is 27.6 Å². The van der Waals surface area contributed by atoms with E-state index in [0.717, 1.165) is 24.8 Å². The molecule has 282 valence electrons. The molecule has 4 rings (SSSR count). The van der Waals surface area contributed by atoms with E-state index in [4.69, 9.17) is 27.6 Å². The number of halogens is 2. The molecule has 0 bridgehead atoms. The SMILES string of the molecule is C=CCC1(/C(N)=N/N)CCC1.CC.CC(C)C(=O)c1cc2nc(-c3ccc(Cl)c(F)c3)cc(C(C)(C)C)c2o1.CCCC.CCCC(C)(C)C. The van der Waals surface area contributed by atoms with Gasteiger partial charge < -0.3 is 16.0 Å². The van der Waals surface area contributed by atoms with E-state index in [1.165, 1.54) is 44.2 Å². The maximum absolute atomic E-state index is 13.9. The van der Waals surface area contributed by atoms with E-state index in [1.807, 2.05) is 39.8 Å². The minimum absolute atomic E-state index is 0.0660. The first kappa shape index (κ1) is 46.8. The van der Waals surface area contributed by atoms with Gasteiger partial charge in [-0.2, -0.15) is 5.10 Å². The number of benzene rings is 1. The monoisotopic (exact) mass is 715 g/mol. The van der Waals surface area contributed by atoms with Crippen LogP contribution in [0.1, 0.15) is 157 Å². The molecule has 2 aromatic heterocycles. The van der Waals surface area contributed by atoms with Gasteiger partial charge in [-0.15, -0.1) is 6.58 Å². The van der Waals surface area contributed by atoms with Crippen molar-refractivity contribution in [3.63, 3.8) is 0 Å². The molecule has 1 aliphatic rings. The number of ketones is 1. The van der Waals surface area contributed by atoms with Gasteiger partial charge in [-0.3, -0.25) is 4.79 Å². The number of rotatable bonds is 8. The summed E-state index contributed by atoms with van der Waals surface area (Å²) in [5.41, 5.74) is 9.39. The molecule has 1 aliphatic carbocycles. The number of hydrogen-bond acceptors (Lipinski definition) is 5. The number of pyridine rings is 1. The first-order valence-electron chi connectivity index (χ1n) is 18.4. The van der Waals surface area contributed by atoms with Crippen LogP contribution in [0.2, 0.25) is 5.02 Å². The molecule has 0 radical (unpaired) electrons. The Hall–Kier alpha value is -3.19. The zero-order valence-electron chi connectivity index (χ0n) is 33.5. The molecular weight excluding hydrogens is 647 g/mol. The molecule has 6 nitrogen and oxygen atoms in total. The Morgan fingerprint density at radius 2 is 1.64 bits per heavy atom. The first-order valence-corrected chi connectivity index (χ1v) is 18.8. The van der Waals surface area contributed by atoms with Gasteiger partial charge in [-0.05, 0) is 54.7 Å². The third-order valence-electron chi connectivity index (χ3n) is 8.30. The van der Waals surface area contributed by atoms with E-state index in [1.54, 1.807) is 12.1 Å². The molecule has 0 amide bonds. The van der Waals surface area contributed by atoms with Gasteiger partial charge >= 0.3 is 0 Å². The van der Waals surface area contributed by atoms with Crippen LogP contribution in [0.25, 0.3) is 22.4 Å². The highest BCUT2D eigenvalue weighted by molar-refractivity contribution is 6.30. The fourth-order valence-corrected chi connectivity index (χ4v) is 5.24. The number of hydrogen-bond donors (Lipinski definition) is 2. The number of nitrogens with two attached hydrogens (primary N) is 2. The summed E-state index contributed by atoms with van der Waals surface area (Å²) in [4.78, 5) is 16.9. The number of hydrazone groups is 1. The topological polar surface area (TPSA) is 108 Å². The Labute approximate surface area is 308 Å². The highest BCUT2D eigenvalue weighted by atomic mass is 35.5. The standard InChI is InChI=1S/C21H21ClFNO2.C8H15N3.C7H16.C4H10.C2H6/c1-11(2)19(25)18-10-17-20(26-18)13(21(3,4)5)9-16(24-17)12-6-7-14(22)15(23)8-12;1-2-4-8(5-3-6-8)7(9)11-10;1-5-6-7(2,3)4;1-3-4-2;1-2/h6-11H,1-5H3;2H,1,3-6,10H2,(H2,9,11);5-6H2,1-4H3;3-4H2,1-2H3;1-2H3. The summed E-state index contributed by atoms with van der Waals surface area (Å²) in [6.45, 7) is 30.9. The second kappa shape index (κ2) is 21.9. The Morgan fingerprint density at radius 1 is 1.06 bits per heavy atom. The Kier molecular flexibility index (Phi) is 20.5. The number of amidine groups is 1. The largest absolute Gasteiger partial charge is 0.451 e. The fourth-order valence-electron chi connectivity index (χ4n) is 5.12. The van der Waals surface area contributed by atoms with E-state index >= 15 is 0 Å². The number of aromatic nitrogens is 1. The lowest BCUT2D eigenvalue weighted by Crippen LogP contribution is -2.43. The van der Waals surface area contributed by atoms with Crippen LogP contribution >= 0.6 is 11.6 Å². The quantitative estimate of drug-likeness (QED) is 0.0603. The van der Waals surface area contributed by atoms with Crippen molar-refractivity contribution in [3.8, 4) is 11.3 Å². The molecule has 0 aliphatic heterocycles. The van der Waals surface area contributed by atoms with E-state index in [0.29, 0.717) is 39.4 Å². The van der Waals surface area contributed by atoms with Crippen LogP contribution in [0.3, 0.4) is 0 Å². The van der Waals surface area contributed by atoms with Gasteiger partial charge in [0.1, 0.15) is 17.2 Å². The summed E-state index contributed by atoms with van der Waals surface area (Å²) in [6, 6.07) is 8.16. The number of nitrogens with zero attached hydrogens (tertiary/aromatic N) is 2. The summed E-state index contributed by atoms with van der Waals surface area (Å²) in [7, 11) is 0. The lowest BCUT2D eigenvalue weighted by molar-refractivity contribution is 0.0913. The molecule has 2 heterocycles. The van der Waals surface area contributed by atoms with Crippen LogP contribution in [0.4, 0.5) is 4.39 Å². The lowest BCUT2D eigenvalue weighted by Gasteiger charge is -2.40. The predicted octanol–water partition coefficient (Wildman–Crippen LogP) is 13.1. The predicted molar refractivity (Wildman–Crippen MR) is 215 cm³/mol. The number of unbranched alkanes of at least 4 members (excludes halogenated alkanes) is 1. The van der Waals surface area contributed by atoms with Crippen LogP contribution < -0.4 is 11.6 Å². The second-order valence-electron chi connectivity index (χ2n) is 15.2. The maximum atomic E-state index is 13.9. The maximum Gasteiger partial charge on any atom is 0.200 e. The molecular formula is C42H68ClFN4O2. The molecule has 1 aromatic carbocycles. The molecule has 1 fully saturated rings. The molecule has 0 spiro atoms. The summed E-state index contributed by atoms with van der Waals surface area (Å²) in [5.74, 6) is 5.28. The average molecular weight is 715 g/mol. The molecule has 0 unspecified atom stereocenters. The number of furan rings is 1. The van der Waals surface area contributed by atoms with Crippen LogP contribution in [0, 0.1) is 22.6 Å². The zero-order chi connectivity index (χ0) is 38.9. The summed E-state index contributed by atoms with van der Waals surface area (Å²) in [5, 5.41) is 3.62. The number of fused-ring (bicyclic) bond motifs is 1. The summed E-state index contributed by atoms with van der Waals surface area (Å²) >= 11 is 5.79. The minimum Gasteiger partial charge on any atom is -0.451 e. The fraction of sp³-hybridized carbons (Fsp3) is 0.595. The van der Waals surface area contributed by atoms with Gasteiger partial charge in [0.25, 0.3) is 0 Å². The van der Waals surface area contributed by atoms with Gasteiger partial charge in [0.05, 0.1) is 10.7 Å². The molecule has 0 atom stereocenters. The third-order valence-corrected chi connectivity index (χ3v) is 8.60. The highest BCUT2D eigenvalue weighted by Gasteiger charge is 2.39. The normalized spacial score (nSPS) is 13.6. The van der Waals surface area contributed by atoms with E-state index in [2.05, 4.69) is 79.0 Å². The lowest BCUT2D eigenvalue weighted by atomic mass is 9.66. The van der Waals surface area contributed by atoms with E-state index < -0.39 is 5.82 Å². The van der Waals surface area contributed by atoms with Crippen molar-refractivity contribution >= 4 is 34.3 Å². The first-order chi connectivity index (χ1) is 23.3.